The molecule has 0 fully saturated rings. The molecule has 0 unspecified atom stereocenters. The Hall–Kier alpha value is -1.13. The van der Waals surface area contributed by atoms with Crippen LogP contribution in [0, 0.1) is 5.41 Å². The van der Waals surface area contributed by atoms with Crippen LogP contribution < -0.4 is 10.6 Å². The van der Waals surface area contributed by atoms with Crippen molar-refractivity contribution in [2.45, 2.75) is 40.5 Å². The molecule has 0 heterocycles. The predicted molar refractivity (Wildman–Crippen MR) is 103 cm³/mol. The Kier molecular flexibility index (Phi) is 5.81. The molecular weight excluding hydrogens is 283 g/mol. The summed E-state index contributed by atoms with van der Waals surface area (Å²) in [4.78, 5) is 0. The van der Waals surface area contributed by atoms with E-state index in [0.29, 0.717) is 5.41 Å². The molecule has 0 aliphatic heterocycles. The molecule has 0 saturated carbocycles. The summed E-state index contributed by atoms with van der Waals surface area (Å²) in [6, 6.07) is 22.5. The normalized spacial score (nSPS) is 12.4. The monoisotopic (exact) mass is 313 g/mol. The van der Waals surface area contributed by atoms with Gasteiger partial charge in [0.05, 0.1) is 30.2 Å². The fourth-order valence-corrected chi connectivity index (χ4v) is 7.28. The van der Waals surface area contributed by atoms with Crippen molar-refractivity contribution >= 4 is 17.9 Å². The number of hydrogen-bond donors (Lipinski definition) is 0. The third-order valence-corrected chi connectivity index (χ3v) is 9.24. The quantitative estimate of drug-likeness (QED) is 0.618. The Morgan fingerprint density at radius 3 is 1.59 bits per heavy atom. The summed E-state index contributed by atoms with van der Waals surface area (Å²) < 4.78 is 0. The lowest BCUT2D eigenvalue weighted by molar-refractivity contribution is 0.374. The van der Waals surface area contributed by atoms with Crippen molar-refractivity contribution in [2.75, 3.05) is 12.3 Å². The first-order valence-electron chi connectivity index (χ1n) is 8.46. The summed E-state index contributed by atoms with van der Waals surface area (Å²) in [5.74, 6) is 0. The van der Waals surface area contributed by atoms with E-state index in [0.717, 1.165) is 0 Å². The van der Waals surface area contributed by atoms with Crippen LogP contribution in [0.5, 0.6) is 0 Å². The van der Waals surface area contributed by atoms with Crippen LogP contribution in [-0.4, -0.2) is 12.3 Å². The van der Waals surface area contributed by atoms with E-state index < -0.39 is 7.26 Å². The average Bonchev–Trinajstić information content (AvgIpc) is 2.52. The molecule has 0 saturated heterocycles. The molecule has 0 bridgehead atoms. The zero-order valence-corrected chi connectivity index (χ0v) is 15.4. The van der Waals surface area contributed by atoms with Gasteiger partial charge in [-0.05, 0) is 49.4 Å². The molecule has 0 aromatic heterocycles. The number of benzene rings is 2. The Balaban J connectivity index is 2.35. The maximum atomic E-state index is 2.38. The van der Waals surface area contributed by atoms with Crippen LogP contribution in [0.15, 0.2) is 60.7 Å². The van der Waals surface area contributed by atoms with Gasteiger partial charge in [0.25, 0.3) is 0 Å². The summed E-state index contributed by atoms with van der Waals surface area (Å²) in [6.45, 7) is 9.43. The molecule has 2 aromatic carbocycles. The first kappa shape index (κ1) is 17.2. The summed E-state index contributed by atoms with van der Waals surface area (Å²) in [5, 5.41) is 3.13. The van der Waals surface area contributed by atoms with E-state index in [2.05, 4.69) is 88.4 Å². The summed E-state index contributed by atoms with van der Waals surface area (Å²) >= 11 is 0. The maximum Gasteiger partial charge on any atom is 0.0991 e. The van der Waals surface area contributed by atoms with E-state index in [1.807, 2.05) is 0 Å². The van der Waals surface area contributed by atoms with E-state index in [-0.39, 0.29) is 0 Å². The van der Waals surface area contributed by atoms with Crippen molar-refractivity contribution in [3.8, 4) is 0 Å². The molecule has 0 radical (unpaired) electrons. The topological polar surface area (TPSA) is 0 Å². The Bertz CT molecular complexity index is 512. The van der Waals surface area contributed by atoms with E-state index in [9.17, 15) is 0 Å². The third-order valence-electron chi connectivity index (χ3n) is 4.51. The highest BCUT2D eigenvalue weighted by Gasteiger charge is 2.40. The molecule has 2 aromatic rings. The van der Waals surface area contributed by atoms with E-state index in [1.54, 1.807) is 10.6 Å². The van der Waals surface area contributed by atoms with Gasteiger partial charge >= 0.3 is 0 Å². The van der Waals surface area contributed by atoms with Gasteiger partial charge in [0.2, 0.25) is 0 Å². The van der Waals surface area contributed by atoms with Gasteiger partial charge in [-0.15, -0.1) is 0 Å². The molecule has 0 nitrogen and oxygen atoms in total. The highest BCUT2D eigenvalue weighted by molar-refractivity contribution is 7.89. The zero-order chi connectivity index (χ0) is 16.1. The van der Waals surface area contributed by atoms with E-state index in [4.69, 9.17) is 0 Å². The molecule has 118 valence electrons. The molecule has 0 aliphatic rings. The van der Waals surface area contributed by atoms with Gasteiger partial charge in [-0.3, -0.25) is 0 Å². The van der Waals surface area contributed by atoms with Crippen molar-refractivity contribution in [2.24, 2.45) is 5.41 Å². The molecule has 22 heavy (non-hydrogen) atoms. The number of rotatable bonds is 6. The predicted octanol–water partition coefficient (Wildman–Crippen LogP) is 5.50. The molecular formula is C21H30P+. The van der Waals surface area contributed by atoms with Gasteiger partial charge in [-0.1, -0.05) is 57.2 Å². The largest absolute Gasteiger partial charge is 0.0991 e. The molecule has 1 heteroatoms. The van der Waals surface area contributed by atoms with Gasteiger partial charge in [-0.2, -0.15) is 0 Å². The molecule has 2 rings (SSSR count). The second-order valence-corrected chi connectivity index (χ2v) is 11.4. The number of hydrogen-bond acceptors (Lipinski definition) is 0. The highest BCUT2D eigenvalue weighted by atomic mass is 31.2. The van der Waals surface area contributed by atoms with Crippen LogP contribution in [0.1, 0.15) is 40.5 Å². The summed E-state index contributed by atoms with van der Waals surface area (Å²) in [6.07, 6.45) is 5.20. The van der Waals surface area contributed by atoms with Gasteiger partial charge in [-0.25, -0.2) is 0 Å². The lowest BCUT2D eigenvalue weighted by Gasteiger charge is -2.28. The van der Waals surface area contributed by atoms with Crippen LogP contribution in [-0.2, 0) is 0 Å². The minimum Gasteiger partial charge on any atom is -0.0620 e. The van der Waals surface area contributed by atoms with Crippen molar-refractivity contribution in [3.63, 3.8) is 0 Å². The molecule has 0 N–H and O–H groups in total. The molecule has 0 amide bonds. The lowest BCUT2D eigenvalue weighted by atomic mass is 9.91. The van der Waals surface area contributed by atoms with Crippen molar-refractivity contribution in [3.05, 3.63) is 60.7 Å². The second-order valence-electron chi connectivity index (χ2n) is 7.34. The fraction of sp³-hybridized carbons (Fsp3) is 0.429. The fourth-order valence-electron chi connectivity index (χ4n) is 3.24. The van der Waals surface area contributed by atoms with Crippen molar-refractivity contribution < 1.29 is 0 Å². The van der Waals surface area contributed by atoms with Crippen LogP contribution >= 0.6 is 7.26 Å². The smallest absolute Gasteiger partial charge is 0.0620 e. The van der Waals surface area contributed by atoms with Crippen LogP contribution in [0.25, 0.3) is 0 Å². The van der Waals surface area contributed by atoms with Gasteiger partial charge < -0.3 is 0 Å². The first-order valence-corrected chi connectivity index (χ1v) is 10.6. The lowest BCUT2D eigenvalue weighted by Crippen LogP contribution is -2.27. The average molecular weight is 313 g/mol. The van der Waals surface area contributed by atoms with Crippen LogP contribution in [0.2, 0.25) is 0 Å². The molecule has 0 atom stereocenters. The van der Waals surface area contributed by atoms with Crippen LogP contribution in [0.3, 0.4) is 0 Å². The minimum absolute atomic E-state index is 0.427. The van der Waals surface area contributed by atoms with Gasteiger partial charge in [0, 0.05) is 0 Å². The standard InChI is InChI=1S/C21H30P/c1-5-22(18-12-17-21(2,3)4,19-13-8-6-9-14-19)20-15-10-7-11-16-20/h6-11,13-16H,5,12,17-18H2,1-4H3/q+1. The Morgan fingerprint density at radius 1 is 0.773 bits per heavy atom. The minimum atomic E-state index is -1.27. The first-order chi connectivity index (χ1) is 10.5. The van der Waals surface area contributed by atoms with E-state index in [1.165, 1.54) is 25.2 Å². The molecule has 0 aliphatic carbocycles. The van der Waals surface area contributed by atoms with Crippen molar-refractivity contribution in [1.82, 2.24) is 0 Å². The van der Waals surface area contributed by atoms with Crippen LogP contribution in [0.4, 0.5) is 0 Å². The second kappa shape index (κ2) is 7.42. The SMILES string of the molecule is CC[P+](CCCC(C)(C)C)(c1ccccc1)c1ccccc1. The Morgan fingerprint density at radius 2 is 1.23 bits per heavy atom. The van der Waals surface area contributed by atoms with E-state index >= 15 is 0 Å². The third kappa shape index (κ3) is 4.20. The zero-order valence-electron chi connectivity index (χ0n) is 14.5. The maximum absolute atomic E-state index is 2.38. The molecule has 0 spiro atoms. The Labute approximate surface area is 137 Å². The summed E-state index contributed by atoms with van der Waals surface area (Å²) in [7, 11) is -1.27. The van der Waals surface area contributed by atoms with Gasteiger partial charge in [0.15, 0.2) is 0 Å². The summed E-state index contributed by atoms with van der Waals surface area (Å²) in [5.41, 5.74) is 0.427. The highest BCUT2D eigenvalue weighted by Crippen LogP contribution is 2.56. The van der Waals surface area contributed by atoms with Gasteiger partial charge in [0.1, 0.15) is 0 Å². The van der Waals surface area contributed by atoms with Crippen molar-refractivity contribution in [1.29, 1.82) is 0 Å².